The Morgan fingerprint density at radius 1 is 1.16 bits per heavy atom. The summed E-state index contributed by atoms with van der Waals surface area (Å²) in [5, 5.41) is 5.67. The van der Waals surface area contributed by atoms with Crippen molar-refractivity contribution in [1.29, 1.82) is 0 Å². The molecule has 12 heteroatoms. The van der Waals surface area contributed by atoms with Gasteiger partial charge >= 0.3 is 6.18 Å². The van der Waals surface area contributed by atoms with Gasteiger partial charge in [0.05, 0.1) is 22.9 Å². The van der Waals surface area contributed by atoms with Crippen molar-refractivity contribution in [3.63, 3.8) is 0 Å². The van der Waals surface area contributed by atoms with Crippen molar-refractivity contribution in [3.8, 4) is 0 Å². The number of rotatable bonds is 7. The van der Waals surface area contributed by atoms with Crippen LogP contribution in [0.3, 0.4) is 0 Å². The number of piperidine rings is 1. The molecular formula is C25H26F6N4O2. The van der Waals surface area contributed by atoms with Crippen LogP contribution in [0, 0.1) is 17.7 Å². The zero-order valence-corrected chi connectivity index (χ0v) is 20.1. The number of nitrogens with zero attached hydrogens (tertiary/aromatic N) is 2. The van der Waals surface area contributed by atoms with Crippen molar-refractivity contribution in [2.75, 3.05) is 25.5 Å². The van der Waals surface area contributed by atoms with Crippen molar-refractivity contribution in [2.45, 2.75) is 50.0 Å². The van der Waals surface area contributed by atoms with Crippen LogP contribution in [0.1, 0.15) is 47.3 Å². The Bertz CT molecular complexity index is 1280. The summed E-state index contributed by atoms with van der Waals surface area (Å²) in [6.07, 6.45) is -6.51. The number of pyridine rings is 1. The van der Waals surface area contributed by atoms with E-state index in [9.17, 15) is 35.9 Å². The summed E-state index contributed by atoms with van der Waals surface area (Å²) in [5.74, 6) is -1.70. The van der Waals surface area contributed by atoms with Gasteiger partial charge in [0.15, 0.2) is 0 Å². The summed E-state index contributed by atoms with van der Waals surface area (Å²) < 4.78 is 82.5. The molecule has 0 bridgehead atoms. The fourth-order valence-corrected chi connectivity index (χ4v) is 5.46. The molecule has 1 amide bonds. The minimum Gasteiger partial charge on any atom is -0.381 e. The van der Waals surface area contributed by atoms with Crippen LogP contribution in [-0.2, 0) is 11.7 Å². The first-order valence-corrected chi connectivity index (χ1v) is 12.0. The molecule has 0 unspecified atom stereocenters. The van der Waals surface area contributed by atoms with Crippen LogP contribution in [0.15, 0.2) is 35.3 Å². The van der Waals surface area contributed by atoms with E-state index < -0.39 is 47.0 Å². The van der Waals surface area contributed by atoms with Crippen LogP contribution in [0.2, 0.25) is 0 Å². The van der Waals surface area contributed by atoms with Gasteiger partial charge in [-0.3, -0.25) is 9.59 Å². The van der Waals surface area contributed by atoms with Crippen molar-refractivity contribution < 1.29 is 31.1 Å². The molecule has 6 nitrogen and oxygen atoms in total. The van der Waals surface area contributed by atoms with E-state index in [0.717, 1.165) is 42.1 Å². The number of amides is 1. The monoisotopic (exact) mass is 528 g/mol. The molecule has 2 heterocycles. The molecular weight excluding hydrogens is 502 g/mol. The number of carbonyl (C=O) groups is 1. The summed E-state index contributed by atoms with van der Waals surface area (Å²) in [6, 6.07) is 2.72. The molecule has 1 aromatic carbocycles. The number of fused-ring (bicyclic) bond motifs is 1. The first kappa shape index (κ1) is 25.6. The number of nitrogens with one attached hydrogen (secondary N) is 2. The molecule has 1 aromatic heterocycles. The molecule has 2 N–H and O–H groups in total. The molecule has 3 aliphatic rings. The molecule has 5 rings (SSSR count). The van der Waals surface area contributed by atoms with Crippen LogP contribution < -0.4 is 16.2 Å². The maximum absolute atomic E-state index is 14.6. The Morgan fingerprint density at radius 2 is 1.81 bits per heavy atom. The lowest BCUT2D eigenvalue weighted by molar-refractivity contribution is -0.140. The Kier molecular flexibility index (Phi) is 6.08. The highest BCUT2D eigenvalue weighted by Crippen LogP contribution is 2.49. The number of carbonyl (C=O) groups excluding carboxylic acids is 1. The van der Waals surface area contributed by atoms with E-state index in [1.807, 2.05) is 7.05 Å². The fraction of sp³-hybridized carbons (Fsp3) is 0.520. The van der Waals surface area contributed by atoms with Crippen molar-refractivity contribution in [1.82, 2.24) is 14.8 Å². The standard InChI is InChI=1S/C25H26F6N4O2/c1-12(13-4-3-5-17(20(13)26)25(29,30)31)32-22(37)16-11-35(24(6-7-24)23(27)28)19(36)8-18(16)33-21-14-9-34(2)10-15(14)21/h3-5,8,11-12,14-15,21,23,33H,6-7,9-10H2,1-2H3,(H,32,37)/t12-,14-,15+,21+/m1/s1. The number of hydrogen-bond donors (Lipinski definition) is 2. The summed E-state index contributed by atoms with van der Waals surface area (Å²) in [6.45, 7) is 2.99. The van der Waals surface area contributed by atoms with Gasteiger partial charge in [-0.1, -0.05) is 12.1 Å². The van der Waals surface area contributed by atoms with Gasteiger partial charge in [-0.15, -0.1) is 0 Å². The lowest BCUT2D eigenvalue weighted by Crippen LogP contribution is -2.37. The molecule has 200 valence electrons. The molecule has 1 saturated heterocycles. The maximum Gasteiger partial charge on any atom is 0.419 e. The molecule has 4 atom stereocenters. The minimum atomic E-state index is -4.92. The third-order valence-electron chi connectivity index (χ3n) is 7.79. The highest BCUT2D eigenvalue weighted by Gasteiger charge is 2.56. The lowest BCUT2D eigenvalue weighted by atomic mass is 10.0. The maximum atomic E-state index is 14.6. The second-order valence-electron chi connectivity index (χ2n) is 10.3. The van der Waals surface area contributed by atoms with E-state index in [4.69, 9.17) is 0 Å². The van der Waals surface area contributed by atoms with Gasteiger partial charge < -0.3 is 20.1 Å². The average molecular weight is 528 g/mol. The minimum absolute atomic E-state index is 0.00122. The Balaban J connectivity index is 1.46. The smallest absolute Gasteiger partial charge is 0.381 e. The zero-order valence-electron chi connectivity index (χ0n) is 20.1. The summed E-state index contributed by atoms with van der Waals surface area (Å²) in [5.41, 5.74) is -4.16. The van der Waals surface area contributed by atoms with Crippen LogP contribution in [0.5, 0.6) is 0 Å². The van der Waals surface area contributed by atoms with E-state index in [2.05, 4.69) is 15.5 Å². The van der Waals surface area contributed by atoms with Gasteiger partial charge in [0.2, 0.25) is 0 Å². The van der Waals surface area contributed by atoms with E-state index in [1.165, 1.54) is 6.92 Å². The first-order chi connectivity index (χ1) is 17.3. The third kappa shape index (κ3) is 4.49. The summed E-state index contributed by atoms with van der Waals surface area (Å²) in [4.78, 5) is 28.3. The summed E-state index contributed by atoms with van der Waals surface area (Å²) in [7, 11) is 1.98. The number of alkyl halides is 5. The number of anilines is 1. The largest absolute Gasteiger partial charge is 0.419 e. The zero-order chi connectivity index (χ0) is 26.9. The van der Waals surface area contributed by atoms with Crippen molar-refractivity contribution in [3.05, 3.63) is 63.3 Å². The Morgan fingerprint density at radius 3 is 2.38 bits per heavy atom. The molecule has 0 spiro atoms. The normalized spacial score (nSPS) is 25.1. The van der Waals surface area contributed by atoms with E-state index in [-0.39, 0.29) is 35.7 Å². The molecule has 0 radical (unpaired) electrons. The number of likely N-dealkylation sites (tertiary alicyclic amines) is 1. The van der Waals surface area contributed by atoms with E-state index in [1.54, 1.807) is 0 Å². The third-order valence-corrected chi connectivity index (χ3v) is 7.79. The van der Waals surface area contributed by atoms with Gasteiger partial charge in [0.1, 0.15) is 11.4 Å². The predicted octanol–water partition coefficient (Wildman–Crippen LogP) is 4.22. The second-order valence-corrected chi connectivity index (χ2v) is 10.3. The van der Waals surface area contributed by atoms with E-state index >= 15 is 0 Å². The van der Waals surface area contributed by atoms with Crippen LogP contribution in [-0.4, -0.2) is 48.0 Å². The van der Waals surface area contributed by atoms with Gasteiger partial charge in [0, 0.05) is 37.0 Å². The van der Waals surface area contributed by atoms with Crippen LogP contribution in [0.4, 0.5) is 32.0 Å². The second kappa shape index (κ2) is 8.78. The van der Waals surface area contributed by atoms with Gasteiger partial charge in [0.25, 0.3) is 17.9 Å². The van der Waals surface area contributed by atoms with Gasteiger partial charge in [-0.05, 0) is 44.7 Å². The average Bonchev–Trinajstić information content (AvgIpc) is 3.69. The molecule has 3 fully saturated rings. The topological polar surface area (TPSA) is 66.4 Å². The van der Waals surface area contributed by atoms with Crippen molar-refractivity contribution in [2.24, 2.45) is 11.8 Å². The number of halogens is 6. The Labute approximate surface area is 208 Å². The molecule has 2 aromatic rings. The SMILES string of the molecule is C[C@@H](NC(=O)c1cn(C2(C(F)F)CC2)c(=O)cc1N[C@H]1[C@@H]2CN(C)C[C@@H]21)c1cccc(C(F)(F)F)c1F. The number of aromatic nitrogens is 1. The van der Waals surface area contributed by atoms with Crippen molar-refractivity contribution >= 4 is 11.6 Å². The van der Waals surface area contributed by atoms with Gasteiger partial charge in [-0.25, -0.2) is 13.2 Å². The molecule has 1 aliphatic heterocycles. The molecule has 37 heavy (non-hydrogen) atoms. The molecule has 2 saturated carbocycles. The first-order valence-electron chi connectivity index (χ1n) is 12.0. The summed E-state index contributed by atoms with van der Waals surface area (Å²) >= 11 is 0. The lowest BCUT2D eigenvalue weighted by Gasteiger charge is -2.23. The van der Waals surface area contributed by atoms with E-state index in [0.29, 0.717) is 17.9 Å². The predicted molar refractivity (Wildman–Crippen MR) is 123 cm³/mol. The fourth-order valence-electron chi connectivity index (χ4n) is 5.46. The number of hydrogen-bond acceptors (Lipinski definition) is 4. The Hall–Kier alpha value is -3.02. The highest BCUT2D eigenvalue weighted by molar-refractivity contribution is 5.99. The van der Waals surface area contributed by atoms with Gasteiger partial charge in [-0.2, -0.15) is 13.2 Å². The quantitative estimate of drug-likeness (QED) is 0.529. The van der Waals surface area contributed by atoms with Crippen LogP contribution in [0.25, 0.3) is 0 Å². The molecule has 2 aliphatic carbocycles. The number of benzene rings is 1. The highest BCUT2D eigenvalue weighted by atomic mass is 19.4. The van der Waals surface area contributed by atoms with Crippen LogP contribution >= 0.6 is 0 Å².